The minimum atomic E-state index is -4.58. The summed E-state index contributed by atoms with van der Waals surface area (Å²) in [6.45, 7) is 1.64. The monoisotopic (exact) mass is 417 g/mol. The first kappa shape index (κ1) is 19.4. The van der Waals surface area contributed by atoms with Crippen molar-refractivity contribution in [3.63, 3.8) is 0 Å². The van der Waals surface area contributed by atoms with E-state index in [1.165, 1.54) is 6.07 Å². The van der Waals surface area contributed by atoms with E-state index in [0.717, 1.165) is 5.38 Å². The zero-order valence-electron chi connectivity index (χ0n) is 13.6. The van der Waals surface area contributed by atoms with E-state index < -0.39 is 34.6 Å². The molecule has 3 rings (SSSR count). The number of alkyl halides is 3. The molecule has 1 atom stereocenters. The Morgan fingerprint density at radius 1 is 1.33 bits per heavy atom. The molecule has 0 bridgehead atoms. The van der Waals surface area contributed by atoms with Crippen LogP contribution in [0, 0.1) is 0 Å². The van der Waals surface area contributed by atoms with Crippen LogP contribution >= 0.6 is 22.9 Å². The van der Waals surface area contributed by atoms with Gasteiger partial charge in [-0.3, -0.25) is 14.6 Å². The average Bonchev–Trinajstić information content (AvgIpc) is 3.16. The van der Waals surface area contributed by atoms with Crippen molar-refractivity contribution in [3.05, 3.63) is 49.1 Å². The van der Waals surface area contributed by atoms with Gasteiger partial charge in [0.2, 0.25) is 0 Å². The van der Waals surface area contributed by atoms with Crippen LogP contribution < -0.4 is 10.6 Å². The van der Waals surface area contributed by atoms with Crippen LogP contribution in [0.4, 0.5) is 13.2 Å². The molecule has 0 spiro atoms. The van der Waals surface area contributed by atoms with Gasteiger partial charge in [0.1, 0.15) is 10.6 Å². The van der Waals surface area contributed by atoms with Gasteiger partial charge in [0.05, 0.1) is 28.4 Å². The SMILES string of the molecule is CC1N=c2cc(C(=O)c3csc(C(F)(F)F)c3)c(O)c(Cl)c2=C1CC(=O)O. The molecule has 1 aliphatic rings. The Hall–Kier alpha value is -2.39. The fourth-order valence-corrected chi connectivity index (χ4v) is 3.94. The van der Waals surface area contributed by atoms with Gasteiger partial charge in [-0.2, -0.15) is 13.2 Å². The number of halogens is 4. The van der Waals surface area contributed by atoms with Crippen molar-refractivity contribution in [2.24, 2.45) is 4.99 Å². The number of carbonyl (C=O) groups excluding carboxylic acids is 1. The summed E-state index contributed by atoms with van der Waals surface area (Å²) in [7, 11) is 0. The van der Waals surface area contributed by atoms with Crippen molar-refractivity contribution in [2.45, 2.75) is 25.6 Å². The molecule has 1 aromatic carbocycles. The van der Waals surface area contributed by atoms with E-state index in [-0.39, 0.29) is 33.1 Å². The van der Waals surface area contributed by atoms with Crippen molar-refractivity contribution >= 4 is 40.3 Å². The van der Waals surface area contributed by atoms with Gasteiger partial charge >= 0.3 is 12.1 Å². The van der Waals surface area contributed by atoms with Crippen LogP contribution in [-0.4, -0.2) is 28.0 Å². The van der Waals surface area contributed by atoms with E-state index in [2.05, 4.69) is 4.99 Å². The summed E-state index contributed by atoms with van der Waals surface area (Å²) in [5.74, 6) is -2.56. The maximum Gasteiger partial charge on any atom is 0.425 e. The number of hydrogen-bond donors (Lipinski definition) is 2. The van der Waals surface area contributed by atoms with Crippen molar-refractivity contribution < 1.29 is 33.0 Å². The van der Waals surface area contributed by atoms with E-state index in [9.17, 15) is 27.9 Å². The van der Waals surface area contributed by atoms with E-state index in [4.69, 9.17) is 16.7 Å². The molecule has 2 N–H and O–H groups in total. The van der Waals surface area contributed by atoms with Gasteiger partial charge in [-0.25, -0.2) is 0 Å². The second kappa shape index (κ2) is 6.65. The number of fused-ring (bicyclic) bond motifs is 1. The standard InChI is InChI=1S/C17H11ClF3NO4S/c1-6-8(4-12(23)24)13-10(22-6)3-9(16(26)14(13)18)15(25)7-2-11(27-5-7)17(19,20)21/h2-3,5-6,26H,4H2,1H3,(H,23,24). The second-order valence-electron chi connectivity index (χ2n) is 5.91. The third kappa shape index (κ3) is 3.44. The summed E-state index contributed by atoms with van der Waals surface area (Å²) in [6, 6.07) is 1.40. The van der Waals surface area contributed by atoms with Gasteiger partial charge in [-0.05, 0) is 24.6 Å². The van der Waals surface area contributed by atoms with Crippen LogP contribution in [-0.2, 0) is 11.0 Å². The van der Waals surface area contributed by atoms with Crippen molar-refractivity contribution in [1.82, 2.24) is 0 Å². The highest BCUT2D eigenvalue weighted by atomic mass is 35.5. The highest BCUT2D eigenvalue weighted by Crippen LogP contribution is 2.35. The molecule has 0 amide bonds. The van der Waals surface area contributed by atoms with Crippen molar-refractivity contribution in [2.75, 3.05) is 0 Å². The Morgan fingerprint density at radius 3 is 2.56 bits per heavy atom. The number of aliphatic carboxylic acids is 1. The molecule has 0 fully saturated rings. The van der Waals surface area contributed by atoms with Crippen LogP contribution in [0.1, 0.15) is 34.1 Å². The first-order chi connectivity index (χ1) is 12.5. The summed E-state index contributed by atoms with van der Waals surface area (Å²) in [5, 5.41) is 20.6. The maximum absolute atomic E-state index is 12.7. The molecule has 2 heterocycles. The number of carbonyl (C=O) groups is 2. The number of nitrogens with zero attached hydrogens (tertiary/aromatic N) is 1. The Balaban J connectivity index is 2.14. The van der Waals surface area contributed by atoms with Crippen molar-refractivity contribution in [1.29, 1.82) is 0 Å². The highest BCUT2D eigenvalue weighted by Gasteiger charge is 2.33. The molecule has 1 unspecified atom stereocenters. The number of thiophene rings is 1. The lowest BCUT2D eigenvalue weighted by Crippen LogP contribution is -2.27. The minimum absolute atomic E-state index is 0.219. The quantitative estimate of drug-likeness (QED) is 0.749. The Bertz CT molecular complexity index is 1090. The molecule has 0 aliphatic carbocycles. The molecular weight excluding hydrogens is 407 g/mol. The molecule has 0 saturated heterocycles. The number of aromatic hydroxyl groups is 1. The fraction of sp³-hybridized carbons (Fsp3) is 0.235. The fourth-order valence-electron chi connectivity index (χ4n) is 2.86. The first-order valence-electron chi connectivity index (χ1n) is 7.55. The summed E-state index contributed by atoms with van der Waals surface area (Å²) in [6.07, 6.45) is -4.92. The molecule has 0 saturated carbocycles. The normalized spacial score (nSPS) is 16.2. The maximum atomic E-state index is 12.7. The van der Waals surface area contributed by atoms with Crippen LogP contribution in [0.5, 0.6) is 5.75 Å². The lowest BCUT2D eigenvalue weighted by atomic mass is 10.0. The van der Waals surface area contributed by atoms with Crippen LogP contribution in [0.2, 0.25) is 5.02 Å². The summed E-state index contributed by atoms with van der Waals surface area (Å²) < 4.78 is 38.2. The number of phenolic OH excluding ortho intramolecular Hbond substituents is 1. The van der Waals surface area contributed by atoms with E-state index in [1.807, 2.05) is 0 Å². The molecule has 2 aromatic rings. The molecule has 1 aromatic heterocycles. The third-order valence-corrected chi connectivity index (χ3v) is 5.45. The zero-order valence-corrected chi connectivity index (χ0v) is 15.2. The van der Waals surface area contributed by atoms with E-state index in [1.54, 1.807) is 6.92 Å². The number of benzene rings is 1. The summed E-state index contributed by atoms with van der Waals surface area (Å²) >= 11 is 6.51. The molecule has 0 radical (unpaired) electrons. The lowest BCUT2D eigenvalue weighted by molar-refractivity contribution is -0.136. The molecule has 142 valence electrons. The first-order valence-corrected chi connectivity index (χ1v) is 8.81. The summed E-state index contributed by atoms with van der Waals surface area (Å²) in [4.78, 5) is 26.9. The van der Waals surface area contributed by atoms with Gasteiger partial charge < -0.3 is 10.2 Å². The Morgan fingerprint density at radius 2 is 2.00 bits per heavy atom. The number of phenols is 1. The number of carboxylic acids is 1. The highest BCUT2D eigenvalue weighted by molar-refractivity contribution is 7.10. The lowest BCUT2D eigenvalue weighted by Gasteiger charge is -2.07. The van der Waals surface area contributed by atoms with Gasteiger partial charge in [-0.1, -0.05) is 11.6 Å². The molecule has 5 nitrogen and oxygen atoms in total. The van der Waals surface area contributed by atoms with E-state index >= 15 is 0 Å². The Kier molecular flexibility index (Phi) is 4.77. The van der Waals surface area contributed by atoms with Gasteiger partial charge in [0.25, 0.3) is 0 Å². The van der Waals surface area contributed by atoms with Crippen LogP contribution in [0.3, 0.4) is 0 Å². The molecule has 1 aliphatic heterocycles. The van der Waals surface area contributed by atoms with E-state index in [0.29, 0.717) is 23.0 Å². The predicted octanol–water partition coefficient (Wildman–Crippen LogP) is 3.00. The Labute approximate surface area is 159 Å². The third-order valence-electron chi connectivity index (χ3n) is 4.11. The number of carboxylic acid groups (broad SMARTS) is 1. The van der Waals surface area contributed by atoms with Gasteiger partial charge in [-0.15, -0.1) is 11.3 Å². The predicted molar refractivity (Wildman–Crippen MR) is 91.8 cm³/mol. The smallest absolute Gasteiger partial charge is 0.425 e. The second-order valence-corrected chi connectivity index (χ2v) is 7.20. The largest absolute Gasteiger partial charge is 0.506 e. The average molecular weight is 418 g/mol. The van der Waals surface area contributed by atoms with Crippen LogP contribution in [0.25, 0.3) is 5.57 Å². The topological polar surface area (TPSA) is 87.0 Å². The number of hydrogen-bond acceptors (Lipinski definition) is 5. The zero-order chi connectivity index (χ0) is 20.1. The number of rotatable bonds is 4. The minimum Gasteiger partial charge on any atom is -0.506 e. The molecule has 27 heavy (non-hydrogen) atoms. The molecule has 10 heteroatoms. The summed E-state index contributed by atoms with van der Waals surface area (Å²) in [5.41, 5.74) is -0.149. The molecular formula is C17H11ClF3NO4S. The van der Waals surface area contributed by atoms with Gasteiger partial charge in [0, 0.05) is 16.2 Å². The van der Waals surface area contributed by atoms with Crippen molar-refractivity contribution in [3.8, 4) is 5.75 Å². The number of ketones is 1. The van der Waals surface area contributed by atoms with Gasteiger partial charge in [0.15, 0.2) is 5.78 Å². The van der Waals surface area contributed by atoms with Crippen LogP contribution in [0.15, 0.2) is 22.5 Å².